The van der Waals surface area contributed by atoms with Crippen LogP contribution < -0.4 is 0 Å². The largest absolute Gasteiger partial charge is 0.479 e. The van der Waals surface area contributed by atoms with Crippen LogP contribution in [0.2, 0.25) is 0 Å². The van der Waals surface area contributed by atoms with Gasteiger partial charge in [-0.3, -0.25) is 0 Å². The molecule has 0 amide bonds. The Kier molecular flexibility index (Phi) is 5.31. The molecular formula is C11H13BrO3S. The number of rotatable bonds is 5. The standard InChI is InChI=1S/C11H13BrO3S/c12-5-1-2-7-3-4-9(16)8(6-7)10(13)11(14)15/h3-4,6,10,13,16H,1-2,5H2,(H,14,15). The summed E-state index contributed by atoms with van der Waals surface area (Å²) in [5.41, 5.74) is 1.36. The number of hydrogen-bond acceptors (Lipinski definition) is 3. The maximum Gasteiger partial charge on any atom is 0.337 e. The molecule has 2 N–H and O–H groups in total. The SMILES string of the molecule is O=C(O)C(O)c1cc(CCCBr)ccc1S. The Morgan fingerprint density at radius 2 is 2.19 bits per heavy atom. The molecular weight excluding hydrogens is 292 g/mol. The molecule has 1 atom stereocenters. The summed E-state index contributed by atoms with van der Waals surface area (Å²) in [7, 11) is 0. The van der Waals surface area contributed by atoms with Crippen molar-refractivity contribution in [3.8, 4) is 0 Å². The molecule has 0 spiro atoms. The van der Waals surface area contributed by atoms with Crippen LogP contribution >= 0.6 is 28.6 Å². The van der Waals surface area contributed by atoms with Crippen LogP contribution in [0.4, 0.5) is 0 Å². The summed E-state index contributed by atoms with van der Waals surface area (Å²) < 4.78 is 0. The Balaban J connectivity index is 2.94. The number of hydrogen-bond donors (Lipinski definition) is 3. The average molecular weight is 305 g/mol. The molecule has 0 bridgehead atoms. The van der Waals surface area contributed by atoms with Gasteiger partial charge in [0.1, 0.15) is 0 Å². The highest BCUT2D eigenvalue weighted by Gasteiger charge is 2.18. The zero-order chi connectivity index (χ0) is 12.1. The van der Waals surface area contributed by atoms with E-state index < -0.39 is 12.1 Å². The van der Waals surface area contributed by atoms with Gasteiger partial charge in [0.2, 0.25) is 0 Å². The maximum absolute atomic E-state index is 10.7. The predicted molar refractivity (Wildman–Crippen MR) is 68.4 cm³/mol. The van der Waals surface area contributed by atoms with Crippen LogP contribution in [-0.4, -0.2) is 21.5 Å². The van der Waals surface area contributed by atoms with Crippen molar-refractivity contribution in [3.63, 3.8) is 0 Å². The molecule has 5 heteroatoms. The number of carboxylic acid groups (broad SMARTS) is 1. The van der Waals surface area contributed by atoms with Crippen molar-refractivity contribution in [1.82, 2.24) is 0 Å². The monoisotopic (exact) mass is 304 g/mol. The molecule has 0 heterocycles. The third-order valence-electron chi connectivity index (χ3n) is 2.22. The third kappa shape index (κ3) is 3.50. The van der Waals surface area contributed by atoms with E-state index in [-0.39, 0.29) is 0 Å². The molecule has 0 saturated heterocycles. The first kappa shape index (κ1) is 13.5. The molecule has 0 fully saturated rings. The fraction of sp³-hybridized carbons (Fsp3) is 0.364. The van der Waals surface area contributed by atoms with Gasteiger partial charge in [0.15, 0.2) is 6.10 Å². The number of carboxylic acids is 1. The fourth-order valence-electron chi connectivity index (χ4n) is 1.38. The summed E-state index contributed by atoms with van der Waals surface area (Å²) in [6.45, 7) is 0. The molecule has 1 aromatic rings. The minimum Gasteiger partial charge on any atom is -0.479 e. The number of benzene rings is 1. The smallest absolute Gasteiger partial charge is 0.337 e. The molecule has 0 aliphatic rings. The normalized spacial score (nSPS) is 12.4. The quantitative estimate of drug-likeness (QED) is 0.578. The molecule has 16 heavy (non-hydrogen) atoms. The zero-order valence-electron chi connectivity index (χ0n) is 8.56. The minimum atomic E-state index is -1.50. The van der Waals surface area contributed by atoms with Crippen molar-refractivity contribution in [2.75, 3.05) is 5.33 Å². The number of aliphatic hydroxyl groups is 1. The van der Waals surface area contributed by atoms with Crippen molar-refractivity contribution in [2.24, 2.45) is 0 Å². The second-order valence-electron chi connectivity index (χ2n) is 3.43. The van der Waals surface area contributed by atoms with Crippen LogP contribution in [0.15, 0.2) is 23.1 Å². The molecule has 88 valence electrons. The Labute approximate surface area is 108 Å². The summed E-state index contributed by atoms with van der Waals surface area (Å²) in [4.78, 5) is 11.2. The maximum atomic E-state index is 10.7. The van der Waals surface area contributed by atoms with Gasteiger partial charge in [-0.2, -0.15) is 0 Å². The first-order valence-electron chi connectivity index (χ1n) is 4.85. The highest BCUT2D eigenvalue weighted by Crippen LogP contribution is 2.23. The van der Waals surface area contributed by atoms with Gasteiger partial charge < -0.3 is 10.2 Å². The van der Waals surface area contributed by atoms with Crippen LogP contribution in [0.1, 0.15) is 23.7 Å². The number of aliphatic carboxylic acids is 1. The second-order valence-corrected chi connectivity index (χ2v) is 4.70. The molecule has 1 unspecified atom stereocenters. The minimum absolute atomic E-state index is 0.350. The average Bonchev–Trinajstić information content (AvgIpc) is 2.27. The second kappa shape index (κ2) is 6.27. The van der Waals surface area contributed by atoms with Crippen LogP contribution in [0.25, 0.3) is 0 Å². The van der Waals surface area contributed by atoms with E-state index in [4.69, 9.17) is 5.11 Å². The van der Waals surface area contributed by atoms with Crippen LogP contribution in [-0.2, 0) is 11.2 Å². The highest BCUT2D eigenvalue weighted by molar-refractivity contribution is 9.09. The topological polar surface area (TPSA) is 57.5 Å². The van der Waals surface area contributed by atoms with E-state index in [2.05, 4.69) is 28.6 Å². The molecule has 0 aliphatic carbocycles. The van der Waals surface area contributed by atoms with Gasteiger partial charge in [0, 0.05) is 15.8 Å². The van der Waals surface area contributed by atoms with Gasteiger partial charge in [-0.05, 0) is 24.5 Å². The van der Waals surface area contributed by atoms with E-state index in [1.165, 1.54) is 0 Å². The summed E-state index contributed by atoms with van der Waals surface area (Å²) in [6, 6.07) is 5.31. The molecule has 1 rings (SSSR count). The lowest BCUT2D eigenvalue weighted by Gasteiger charge is -2.10. The number of aryl methyl sites for hydroxylation is 1. The Hall–Kier alpha value is -0.520. The van der Waals surface area contributed by atoms with Crippen LogP contribution in [0.5, 0.6) is 0 Å². The number of aliphatic hydroxyl groups excluding tert-OH is 1. The van der Waals surface area contributed by atoms with Crippen LogP contribution in [0.3, 0.4) is 0 Å². The Bertz CT molecular complexity index is 381. The van der Waals surface area contributed by atoms with E-state index in [0.717, 1.165) is 23.7 Å². The van der Waals surface area contributed by atoms with Gasteiger partial charge in [-0.15, -0.1) is 12.6 Å². The van der Waals surface area contributed by atoms with Crippen molar-refractivity contribution in [2.45, 2.75) is 23.8 Å². The van der Waals surface area contributed by atoms with Gasteiger partial charge in [-0.25, -0.2) is 4.79 Å². The lowest BCUT2D eigenvalue weighted by molar-refractivity contribution is -0.147. The molecule has 0 aliphatic heterocycles. The zero-order valence-corrected chi connectivity index (χ0v) is 11.0. The van der Waals surface area contributed by atoms with E-state index in [0.29, 0.717) is 10.5 Å². The summed E-state index contributed by atoms with van der Waals surface area (Å²) in [5.74, 6) is -1.26. The summed E-state index contributed by atoms with van der Waals surface area (Å²) in [5, 5.41) is 19.1. The van der Waals surface area contributed by atoms with E-state index in [9.17, 15) is 9.90 Å². The number of carbonyl (C=O) groups is 1. The van der Waals surface area contributed by atoms with Crippen molar-refractivity contribution in [1.29, 1.82) is 0 Å². The van der Waals surface area contributed by atoms with E-state index in [1.807, 2.05) is 6.07 Å². The fourth-order valence-corrected chi connectivity index (χ4v) is 1.92. The van der Waals surface area contributed by atoms with Crippen molar-refractivity contribution >= 4 is 34.5 Å². The van der Waals surface area contributed by atoms with Crippen molar-refractivity contribution < 1.29 is 15.0 Å². The van der Waals surface area contributed by atoms with Gasteiger partial charge in [0.05, 0.1) is 0 Å². The number of thiol groups is 1. The lowest BCUT2D eigenvalue weighted by atomic mass is 10.0. The summed E-state index contributed by atoms with van der Waals surface area (Å²) >= 11 is 7.47. The molecule has 0 radical (unpaired) electrons. The van der Waals surface area contributed by atoms with E-state index >= 15 is 0 Å². The van der Waals surface area contributed by atoms with Crippen molar-refractivity contribution in [3.05, 3.63) is 29.3 Å². The van der Waals surface area contributed by atoms with Crippen LogP contribution in [0, 0.1) is 0 Å². The molecule has 0 saturated carbocycles. The first-order chi connectivity index (χ1) is 7.56. The van der Waals surface area contributed by atoms with Gasteiger partial charge in [-0.1, -0.05) is 28.1 Å². The number of alkyl halides is 1. The Morgan fingerprint density at radius 1 is 1.50 bits per heavy atom. The predicted octanol–water partition coefficient (Wildman–Crippen LogP) is 2.42. The van der Waals surface area contributed by atoms with E-state index in [1.54, 1.807) is 12.1 Å². The van der Waals surface area contributed by atoms with Gasteiger partial charge in [0.25, 0.3) is 0 Å². The lowest BCUT2D eigenvalue weighted by Crippen LogP contribution is -2.11. The Morgan fingerprint density at radius 3 is 2.75 bits per heavy atom. The van der Waals surface area contributed by atoms with Gasteiger partial charge >= 0.3 is 5.97 Å². The molecule has 0 aromatic heterocycles. The highest BCUT2D eigenvalue weighted by atomic mass is 79.9. The molecule has 3 nitrogen and oxygen atoms in total. The third-order valence-corrected chi connectivity index (χ3v) is 3.19. The first-order valence-corrected chi connectivity index (χ1v) is 6.41. The number of halogens is 1. The molecule has 1 aromatic carbocycles. The summed E-state index contributed by atoms with van der Waals surface area (Å²) in [6.07, 6.45) is 0.309.